The molecule has 0 saturated carbocycles. The van der Waals surface area contributed by atoms with E-state index in [9.17, 15) is 0 Å². The van der Waals surface area contributed by atoms with Crippen molar-refractivity contribution in [2.45, 2.75) is 25.8 Å². The highest BCUT2D eigenvalue weighted by Gasteiger charge is 2.36. The fourth-order valence-corrected chi connectivity index (χ4v) is 3.22. The van der Waals surface area contributed by atoms with Gasteiger partial charge in [-0.1, -0.05) is 0 Å². The third kappa shape index (κ3) is 1.80. The molecule has 4 rings (SSSR count). The van der Waals surface area contributed by atoms with Crippen molar-refractivity contribution in [1.29, 1.82) is 0 Å². The first-order chi connectivity index (χ1) is 10.1. The highest BCUT2D eigenvalue weighted by Crippen LogP contribution is 2.36. The molecule has 2 aromatic rings. The third-order valence-corrected chi connectivity index (χ3v) is 4.86. The van der Waals surface area contributed by atoms with Crippen molar-refractivity contribution in [3.8, 4) is 0 Å². The molecule has 2 aliphatic rings. The predicted octanol–water partition coefficient (Wildman–Crippen LogP) is 2.55. The Balaban J connectivity index is 1.64. The van der Waals surface area contributed by atoms with Crippen LogP contribution in [-0.4, -0.2) is 17.8 Å². The van der Waals surface area contributed by atoms with E-state index in [4.69, 9.17) is 0 Å². The number of likely N-dealkylation sites (N-methyl/N-ethyl adjacent to an activating group) is 1. The molecule has 1 aromatic carbocycles. The Bertz CT molecular complexity index is 771. The van der Waals surface area contributed by atoms with Gasteiger partial charge in [0.15, 0.2) is 0 Å². The Morgan fingerprint density at radius 3 is 2.76 bits per heavy atom. The van der Waals surface area contributed by atoms with Crippen molar-refractivity contribution in [1.82, 2.24) is 4.68 Å². The Morgan fingerprint density at radius 1 is 1.24 bits per heavy atom. The largest absolute Gasteiger partial charge is 0.374 e. The number of azo groups is 1. The van der Waals surface area contributed by atoms with Gasteiger partial charge in [0.25, 0.3) is 0 Å². The second kappa shape index (κ2) is 4.16. The minimum Gasteiger partial charge on any atom is -0.371 e. The zero-order valence-electron chi connectivity index (χ0n) is 13.0. The number of hydrogen-bond acceptors (Lipinski definition) is 3. The molecule has 1 aliphatic heterocycles. The Hall–Kier alpha value is -2.17. The van der Waals surface area contributed by atoms with Crippen molar-refractivity contribution in [2.24, 2.45) is 24.3 Å². The minimum atomic E-state index is 0.565. The predicted molar refractivity (Wildman–Crippen MR) is 81.6 cm³/mol. The molecule has 0 spiro atoms. The average molecular weight is 282 g/mol. The molecule has 0 bridgehead atoms. The summed E-state index contributed by atoms with van der Waals surface area (Å²) in [4.78, 5) is 2.33. The maximum Gasteiger partial charge on any atom is 0.374 e. The van der Waals surface area contributed by atoms with E-state index in [1.54, 1.807) is 0 Å². The topological polar surface area (TPSA) is 36.8 Å². The van der Waals surface area contributed by atoms with E-state index < -0.39 is 0 Å². The summed E-state index contributed by atoms with van der Waals surface area (Å²) in [6.07, 6.45) is 2.14. The van der Waals surface area contributed by atoms with Crippen molar-refractivity contribution in [2.75, 3.05) is 11.9 Å². The SMILES string of the molecule is CC1Cc2cc(N=Nc3c4c(n(C)[n+]3C)C4)ccc2N1C. The van der Waals surface area contributed by atoms with Crippen molar-refractivity contribution >= 4 is 17.2 Å². The second-order valence-electron chi connectivity index (χ2n) is 6.15. The first-order valence-electron chi connectivity index (χ1n) is 7.40. The molecule has 1 unspecified atom stereocenters. The first kappa shape index (κ1) is 12.6. The van der Waals surface area contributed by atoms with Crippen LogP contribution in [0.1, 0.15) is 23.7 Å². The van der Waals surface area contributed by atoms with Crippen LogP contribution in [0.4, 0.5) is 17.2 Å². The van der Waals surface area contributed by atoms with Crippen LogP contribution in [0.15, 0.2) is 28.4 Å². The molecule has 0 radical (unpaired) electrons. The summed E-state index contributed by atoms with van der Waals surface area (Å²) < 4.78 is 4.20. The number of rotatable bonds is 2. The molecular weight excluding hydrogens is 262 g/mol. The van der Waals surface area contributed by atoms with E-state index in [-0.39, 0.29) is 0 Å². The first-order valence-corrected chi connectivity index (χ1v) is 7.40. The molecule has 1 aliphatic carbocycles. The second-order valence-corrected chi connectivity index (χ2v) is 6.15. The van der Waals surface area contributed by atoms with Crippen molar-refractivity contribution < 1.29 is 4.68 Å². The van der Waals surface area contributed by atoms with Crippen molar-refractivity contribution in [3.05, 3.63) is 35.0 Å². The van der Waals surface area contributed by atoms with E-state index in [1.165, 1.54) is 22.5 Å². The van der Waals surface area contributed by atoms with Gasteiger partial charge in [0.1, 0.15) is 12.7 Å². The number of aromatic nitrogens is 2. The molecule has 5 nitrogen and oxygen atoms in total. The summed E-state index contributed by atoms with van der Waals surface area (Å²) in [5.74, 6) is 0.985. The van der Waals surface area contributed by atoms with Gasteiger partial charge in [-0.3, -0.25) is 0 Å². The summed E-state index contributed by atoms with van der Waals surface area (Å²) in [5, 5.41) is 8.91. The number of nitrogens with zero attached hydrogens (tertiary/aromatic N) is 5. The lowest BCUT2D eigenvalue weighted by molar-refractivity contribution is -0.740. The van der Waals surface area contributed by atoms with Gasteiger partial charge >= 0.3 is 5.82 Å². The monoisotopic (exact) mass is 282 g/mol. The Morgan fingerprint density at radius 2 is 2.05 bits per heavy atom. The van der Waals surface area contributed by atoms with Crippen LogP contribution in [0.5, 0.6) is 0 Å². The molecule has 1 atom stereocenters. The summed E-state index contributed by atoms with van der Waals surface area (Å²) in [6, 6.07) is 6.94. The molecule has 0 N–H and O–H groups in total. The van der Waals surface area contributed by atoms with Gasteiger partial charge in [0.05, 0.1) is 16.4 Å². The molecule has 0 saturated heterocycles. The lowest BCUT2D eigenvalue weighted by atomic mass is 10.1. The zero-order chi connectivity index (χ0) is 14.7. The lowest BCUT2D eigenvalue weighted by Gasteiger charge is -2.17. The fourth-order valence-electron chi connectivity index (χ4n) is 3.22. The normalized spacial score (nSPS) is 19.2. The van der Waals surface area contributed by atoms with Gasteiger partial charge in [0, 0.05) is 32.2 Å². The number of fused-ring (bicyclic) bond motifs is 2. The summed E-state index contributed by atoms with van der Waals surface area (Å²) in [7, 11) is 6.25. The van der Waals surface area contributed by atoms with Gasteiger partial charge in [-0.2, -0.15) is 4.68 Å². The number of anilines is 1. The van der Waals surface area contributed by atoms with Crippen LogP contribution in [0.3, 0.4) is 0 Å². The molecule has 108 valence electrons. The van der Waals surface area contributed by atoms with E-state index >= 15 is 0 Å². The maximum absolute atomic E-state index is 4.47. The zero-order valence-corrected chi connectivity index (χ0v) is 13.0. The number of hydrogen-bond donors (Lipinski definition) is 0. The Kier molecular flexibility index (Phi) is 2.49. The molecule has 1 aromatic heterocycles. The van der Waals surface area contributed by atoms with Gasteiger partial charge in [0.2, 0.25) is 0 Å². The molecule has 21 heavy (non-hydrogen) atoms. The lowest BCUT2D eigenvalue weighted by Crippen LogP contribution is -2.38. The van der Waals surface area contributed by atoms with E-state index in [0.29, 0.717) is 6.04 Å². The highest BCUT2D eigenvalue weighted by molar-refractivity contribution is 5.63. The van der Waals surface area contributed by atoms with Crippen molar-refractivity contribution in [3.63, 3.8) is 0 Å². The number of benzene rings is 1. The van der Waals surface area contributed by atoms with Gasteiger partial charge in [-0.25, -0.2) is 4.68 Å². The maximum atomic E-state index is 4.47. The summed E-state index contributed by atoms with van der Waals surface area (Å²) in [5.41, 5.74) is 6.33. The summed E-state index contributed by atoms with van der Waals surface area (Å²) in [6.45, 7) is 2.25. The van der Waals surface area contributed by atoms with E-state index in [1.807, 2.05) is 7.05 Å². The standard InChI is InChI=1S/C16H20N5/c1-10-7-11-8-12(5-6-14(11)19(10)2)17-18-16-13-9-15(13)20(3)21(16)4/h5-6,8,10H,7,9H2,1-4H3/q+1. The van der Waals surface area contributed by atoms with Crippen LogP contribution >= 0.6 is 0 Å². The quantitative estimate of drug-likeness (QED) is 0.525. The van der Waals surface area contributed by atoms with Crippen LogP contribution in [-0.2, 0) is 26.9 Å². The molecule has 5 heteroatoms. The van der Waals surface area contributed by atoms with E-state index in [0.717, 1.165) is 24.3 Å². The molecule has 0 amide bonds. The van der Waals surface area contributed by atoms with Crippen LogP contribution in [0.2, 0.25) is 0 Å². The fraction of sp³-hybridized carbons (Fsp3) is 0.438. The smallest absolute Gasteiger partial charge is 0.371 e. The van der Waals surface area contributed by atoms with Crippen LogP contribution in [0, 0.1) is 0 Å². The highest BCUT2D eigenvalue weighted by atomic mass is 15.4. The van der Waals surface area contributed by atoms with E-state index in [2.05, 4.69) is 63.7 Å². The molecule has 2 heterocycles. The summed E-state index contributed by atoms with van der Waals surface area (Å²) >= 11 is 0. The van der Waals surface area contributed by atoms with Crippen LogP contribution in [0.25, 0.3) is 0 Å². The third-order valence-electron chi connectivity index (χ3n) is 4.86. The van der Waals surface area contributed by atoms with Gasteiger partial charge in [-0.05, 0) is 42.2 Å². The Labute approximate surface area is 124 Å². The molecular formula is C16H20N5+. The van der Waals surface area contributed by atoms with Gasteiger partial charge in [-0.15, -0.1) is 0 Å². The van der Waals surface area contributed by atoms with Crippen LogP contribution < -0.4 is 9.58 Å². The average Bonchev–Trinajstić information content (AvgIpc) is 3.15. The minimum absolute atomic E-state index is 0.565. The van der Waals surface area contributed by atoms with Gasteiger partial charge < -0.3 is 4.90 Å². The molecule has 0 fully saturated rings.